The zero-order chi connectivity index (χ0) is 18.3. The Labute approximate surface area is 153 Å². The van der Waals surface area contributed by atoms with Crippen molar-refractivity contribution >= 4 is 24.4 Å². The molecule has 2 heterocycles. The summed E-state index contributed by atoms with van der Waals surface area (Å²) in [6.07, 6.45) is 0. The van der Waals surface area contributed by atoms with Crippen LogP contribution in [0, 0.1) is 5.41 Å². The van der Waals surface area contributed by atoms with Crippen molar-refractivity contribution in [3.63, 3.8) is 0 Å². The van der Waals surface area contributed by atoms with Gasteiger partial charge in [0.1, 0.15) is 0 Å². The minimum atomic E-state index is -0.364. The normalized spacial score (nSPS) is 19.0. The molecule has 0 N–H and O–H groups in total. The summed E-state index contributed by atoms with van der Waals surface area (Å²) in [6.45, 7) is 5.76. The minimum Gasteiger partial charge on any atom is -0.407 e. The number of carbonyl (C=O) groups excluding carboxylic acids is 2. The summed E-state index contributed by atoms with van der Waals surface area (Å²) in [6, 6.07) is 14.6. The average Bonchev–Trinajstić information content (AvgIpc) is 2.88. The molecule has 1 saturated heterocycles. The van der Waals surface area contributed by atoms with Gasteiger partial charge in [0.25, 0.3) is 11.8 Å². The fraction of sp³-hybridized carbons (Fsp3) is 0.300. The lowest BCUT2D eigenvalue weighted by Gasteiger charge is -2.33. The fourth-order valence-electron chi connectivity index (χ4n) is 3.23. The number of nitrogens with zero attached hydrogens (tertiary/aromatic N) is 1. The molecule has 26 heavy (non-hydrogen) atoms. The Morgan fingerprint density at radius 3 is 2.00 bits per heavy atom. The number of hydrogen-bond donors (Lipinski definition) is 0. The van der Waals surface area contributed by atoms with Crippen molar-refractivity contribution in [2.24, 2.45) is 5.41 Å². The number of imide groups is 1. The lowest BCUT2D eigenvalue weighted by Crippen LogP contribution is -2.47. The molecule has 6 heteroatoms. The molecular formula is C20H20BNO4. The zero-order valence-corrected chi connectivity index (χ0v) is 14.9. The lowest BCUT2D eigenvalue weighted by molar-refractivity contribution is 0.0343. The Hall–Kier alpha value is -2.44. The van der Waals surface area contributed by atoms with Gasteiger partial charge in [0, 0.05) is 18.6 Å². The minimum absolute atomic E-state index is 0.0297. The second-order valence-corrected chi connectivity index (χ2v) is 7.60. The first kappa shape index (κ1) is 17.0. The van der Waals surface area contributed by atoms with Gasteiger partial charge in [-0.05, 0) is 23.2 Å². The lowest BCUT2D eigenvalue weighted by atomic mass is 9.76. The third kappa shape index (κ3) is 3.06. The molecule has 0 spiro atoms. The van der Waals surface area contributed by atoms with Crippen LogP contribution in [-0.2, 0) is 15.9 Å². The number of fused-ring (bicyclic) bond motifs is 1. The van der Waals surface area contributed by atoms with Crippen LogP contribution in [0.3, 0.4) is 0 Å². The molecule has 4 rings (SSSR count). The molecule has 1 fully saturated rings. The molecule has 0 atom stereocenters. The second kappa shape index (κ2) is 6.38. The molecule has 2 aromatic carbocycles. The number of hydrogen-bond acceptors (Lipinski definition) is 4. The standard InChI is InChI=1S/C20H20BNO4/c1-20(2)12-25-21(26-13-20)15-9-7-14(8-10-15)11-22-18(23)16-5-3-4-6-17(16)19(22)24/h3-10H,11-13H2,1-2H3. The SMILES string of the molecule is CC1(C)COB(c2ccc(CN3C(=O)c4ccccc4C3=O)cc2)OC1. The van der Waals surface area contributed by atoms with Gasteiger partial charge in [-0.3, -0.25) is 14.5 Å². The van der Waals surface area contributed by atoms with Crippen LogP contribution >= 0.6 is 0 Å². The Morgan fingerprint density at radius 2 is 1.46 bits per heavy atom. The van der Waals surface area contributed by atoms with Crippen LogP contribution in [-0.4, -0.2) is 37.0 Å². The largest absolute Gasteiger partial charge is 0.493 e. The van der Waals surface area contributed by atoms with Crippen molar-refractivity contribution in [2.45, 2.75) is 20.4 Å². The smallest absolute Gasteiger partial charge is 0.407 e. The summed E-state index contributed by atoms with van der Waals surface area (Å²) in [5.41, 5.74) is 2.80. The van der Waals surface area contributed by atoms with Gasteiger partial charge >= 0.3 is 7.12 Å². The summed E-state index contributed by atoms with van der Waals surface area (Å²) in [5.74, 6) is -0.480. The van der Waals surface area contributed by atoms with Crippen LogP contribution in [0.2, 0.25) is 0 Å². The summed E-state index contributed by atoms with van der Waals surface area (Å²) in [5, 5.41) is 0. The van der Waals surface area contributed by atoms with E-state index in [1.807, 2.05) is 24.3 Å². The van der Waals surface area contributed by atoms with Gasteiger partial charge in [-0.15, -0.1) is 0 Å². The maximum Gasteiger partial charge on any atom is 0.493 e. The van der Waals surface area contributed by atoms with Crippen molar-refractivity contribution in [3.8, 4) is 0 Å². The highest BCUT2D eigenvalue weighted by Crippen LogP contribution is 2.24. The number of amides is 2. The predicted molar refractivity (Wildman–Crippen MR) is 98.2 cm³/mol. The third-order valence-electron chi connectivity index (χ3n) is 4.72. The van der Waals surface area contributed by atoms with E-state index >= 15 is 0 Å². The van der Waals surface area contributed by atoms with Crippen molar-refractivity contribution < 1.29 is 18.9 Å². The van der Waals surface area contributed by atoms with Gasteiger partial charge < -0.3 is 9.31 Å². The Kier molecular flexibility index (Phi) is 4.17. The number of rotatable bonds is 3. The highest BCUT2D eigenvalue weighted by molar-refractivity contribution is 6.61. The van der Waals surface area contributed by atoms with Crippen molar-refractivity contribution in [1.29, 1.82) is 0 Å². The second-order valence-electron chi connectivity index (χ2n) is 7.60. The summed E-state index contributed by atoms with van der Waals surface area (Å²) < 4.78 is 11.6. The van der Waals surface area contributed by atoms with E-state index in [0.717, 1.165) is 11.0 Å². The van der Waals surface area contributed by atoms with Crippen LogP contribution in [0.15, 0.2) is 48.5 Å². The van der Waals surface area contributed by atoms with Crippen LogP contribution in [0.25, 0.3) is 0 Å². The maximum absolute atomic E-state index is 12.5. The van der Waals surface area contributed by atoms with E-state index in [2.05, 4.69) is 13.8 Å². The molecule has 0 radical (unpaired) electrons. The Balaban J connectivity index is 1.46. The first-order chi connectivity index (χ1) is 12.4. The summed E-state index contributed by atoms with van der Waals surface area (Å²) >= 11 is 0. The van der Waals surface area contributed by atoms with Crippen LogP contribution in [0.4, 0.5) is 0 Å². The van der Waals surface area contributed by atoms with E-state index in [0.29, 0.717) is 24.3 Å². The van der Waals surface area contributed by atoms with Gasteiger partial charge in [-0.1, -0.05) is 50.2 Å². The van der Waals surface area contributed by atoms with Gasteiger partial charge in [-0.25, -0.2) is 0 Å². The quantitative estimate of drug-likeness (QED) is 0.630. The molecule has 0 saturated carbocycles. The maximum atomic E-state index is 12.5. The predicted octanol–water partition coefficient (Wildman–Crippen LogP) is 2.25. The van der Waals surface area contributed by atoms with E-state index in [1.54, 1.807) is 24.3 Å². The molecule has 5 nitrogen and oxygen atoms in total. The van der Waals surface area contributed by atoms with Crippen LogP contribution in [0.5, 0.6) is 0 Å². The summed E-state index contributed by atoms with van der Waals surface area (Å²) in [7, 11) is -0.364. The first-order valence-corrected chi connectivity index (χ1v) is 8.72. The van der Waals surface area contributed by atoms with Crippen LogP contribution < -0.4 is 5.46 Å². The van der Waals surface area contributed by atoms with Gasteiger partial charge in [0.05, 0.1) is 17.7 Å². The molecule has 2 aliphatic rings. The van der Waals surface area contributed by atoms with Crippen molar-refractivity contribution in [3.05, 3.63) is 65.2 Å². The molecule has 0 unspecified atom stereocenters. The number of benzene rings is 2. The Morgan fingerprint density at radius 1 is 0.923 bits per heavy atom. The summed E-state index contributed by atoms with van der Waals surface area (Å²) in [4.78, 5) is 26.2. The van der Waals surface area contributed by atoms with E-state index in [9.17, 15) is 9.59 Å². The highest BCUT2D eigenvalue weighted by atomic mass is 16.6. The first-order valence-electron chi connectivity index (χ1n) is 8.72. The molecule has 132 valence electrons. The van der Waals surface area contributed by atoms with Gasteiger partial charge in [-0.2, -0.15) is 0 Å². The molecule has 2 amide bonds. The van der Waals surface area contributed by atoms with Crippen molar-refractivity contribution in [2.75, 3.05) is 13.2 Å². The van der Waals surface area contributed by atoms with Crippen LogP contribution in [0.1, 0.15) is 40.1 Å². The molecular weight excluding hydrogens is 329 g/mol. The molecule has 2 aromatic rings. The molecule has 2 aliphatic heterocycles. The van der Waals surface area contributed by atoms with E-state index in [1.165, 1.54) is 4.90 Å². The van der Waals surface area contributed by atoms with E-state index < -0.39 is 0 Å². The number of carbonyl (C=O) groups is 2. The average molecular weight is 349 g/mol. The van der Waals surface area contributed by atoms with Gasteiger partial charge in [0.2, 0.25) is 0 Å². The topological polar surface area (TPSA) is 55.8 Å². The molecule has 0 aliphatic carbocycles. The van der Waals surface area contributed by atoms with E-state index in [4.69, 9.17) is 9.31 Å². The monoisotopic (exact) mass is 349 g/mol. The molecule has 0 bridgehead atoms. The van der Waals surface area contributed by atoms with E-state index in [-0.39, 0.29) is 30.9 Å². The molecule has 0 aromatic heterocycles. The zero-order valence-electron chi connectivity index (χ0n) is 14.9. The third-order valence-corrected chi connectivity index (χ3v) is 4.72. The Bertz CT molecular complexity index is 817. The highest BCUT2D eigenvalue weighted by Gasteiger charge is 2.35. The van der Waals surface area contributed by atoms with Crippen molar-refractivity contribution in [1.82, 2.24) is 4.90 Å². The van der Waals surface area contributed by atoms with Gasteiger partial charge in [0.15, 0.2) is 0 Å². The fourth-order valence-corrected chi connectivity index (χ4v) is 3.23.